The summed E-state index contributed by atoms with van der Waals surface area (Å²) in [4.78, 5) is 54.9. The lowest BCUT2D eigenvalue weighted by Gasteiger charge is -2.37. The van der Waals surface area contributed by atoms with Crippen LogP contribution in [0.25, 0.3) is 10.9 Å². The molecule has 4 rings (SSSR count). The number of aryl methyl sites for hydroxylation is 1. The second-order valence-electron chi connectivity index (χ2n) is 9.49. The van der Waals surface area contributed by atoms with Gasteiger partial charge in [-0.15, -0.1) is 0 Å². The Hall–Kier alpha value is -3.14. The lowest BCUT2D eigenvalue weighted by Crippen LogP contribution is -2.54. The molecular formula is C25H34N4O6. The molecule has 190 valence electrons. The van der Waals surface area contributed by atoms with Crippen molar-refractivity contribution in [1.29, 1.82) is 0 Å². The first-order chi connectivity index (χ1) is 16.8. The van der Waals surface area contributed by atoms with Crippen molar-refractivity contribution >= 4 is 22.7 Å². The van der Waals surface area contributed by atoms with Gasteiger partial charge < -0.3 is 19.3 Å². The molecule has 0 N–H and O–H groups in total. The van der Waals surface area contributed by atoms with Gasteiger partial charge in [-0.25, -0.2) is 4.79 Å². The molecule has 0 radical (unpaired) electrons. The van der Waals surface area contributed by atoms with Crippen molar-refractivity contribution < 1.29 is 19.1 Å². The monoisotopic (exact) mass is 486 g/mol. The van der Waals surface area contributed by atoms with E-state index in [2.05, 4.69) is 0 Å². The van der Waals surface area contributed by atoms with Crippen molar-refractivity contribution in [2.45, 2.75) is 32.2 Å². The van der Waals surface area contributed by atoms with E-state index in [4.69, 9.17) is 9.47 Å². The average molecular weight is 487 g/mol. The number of amides is 2. The van der Waals surface area contributed by atoms with Crippen molar-refractivity contribution in [2.24, 2.45) is 18.9 Å². The molecule has 10 heteroatoms. The number of methoxy groups -OCH3 is 2. The average Bonchev–Trinajstić information content (AvgIpc) is 2.88. The molecule has 0 spiro atoms. The van der Waals surface area contributed by atoms with Gasteiger partial charge in [-0.3, -0.25) is 23.5 Å². The van der Waals surface area contributed by atoms with E-state index in [1.807, 2.05) is 0 Å². The third kappa shape index (κ3) is 5.12. The van der Waals surface area contributed by atoms with Crippen LogP contribution in [-0.2, 0) is 27.9 Å². The maximum Gasteiger partial charge on any atom is 0.331 e. The third-order valence-corrected chi connectivity index (χ3v) is 7.39. The predicted octanol–water partition coefficient (Wildman–Crippen LogP) is 0.832. The SMILES string of the molecule is COCCN1CCN(C(=O)C2CCC(Cn3c(=O)c4cc(OC)ccc4n(C)c3=O)CC2)CC1=O. The Morgan fingerprint density at radius 1 is 1.06 bits per heavy atom. The second-order valence-corrected chi connectivity index (χ2v) is 9.49. The normalized spacial score (nSPS) is 20.9. The van der Waals surface area contributed by atoms with Crippen LogP contribution in [0, 0.1) is 11.8 Å². The highest BCUT2D eigenvalue weighted by molar-refractivity contribution is 5.87. The Kier molecular flexibility index (Phi) is 7.59. The highest BCUT2D eigenvalue weighted by atomic mass is 16.5. The van der Waals surface area contributed by atoms with Crippen LogP contribution in [0.15, 0.2) is 27.8 Å². The van der Waals surface area contributed by atoms with Gasteiger partial charge in [0.25, 0.3) is 5.56 Å². The zero-order chi connectivity index (χ0) is 25.1. The summed E-state index contributed by atoms with van der Waals surface area (Å²) in [5, 5.41) is 0.449. The number of hydrogen-bond donors (Lipinski definition) is 0. The first-order valence-electron chi connectivity index (χ1n) is 12.2. The second kappa shape index (κ2) is 10.6. The van der Waals surface area contributed by atoms with Crippen molar-refractivity contribution in [3.63, 3.8) is 0 Å². The largest absolute Gasteiger partial charge is 0.497 e. The number of hydrogen-bond acceptors (Lipinski definition) is 6. The van der Waals surface area contributed by atoms with Crippen LogP contribution in [-0.4, -0.2) is 77.8 Å². The maximum atomic E-state index is 13.1. The number of aromatic nitrogens is 2. The Bertz CT molecular complexity index is 1210. The number of ether oxygens (including phenoxy) is 2. The van der Waals surface area contributed by atoms with Crippen LogP contribution in [0.5, 0.6) is 5.75 Å². The number of rotatable bonds is 7. The van der Waals surface area contributed by atoms with Gasteiger partial charge in [0.2, 0.25) is 11.8 Å². The van der Waals surface area contributed by atoms with E-state index in [9.17, 15) is 19.2 Å². The molecule has 1 aliphatic heterocycles. The van der Waals surface area contributed by atoms with Gasteiger partial charge in [0.1, 0.15) is 5.75 Å². The van der Waals surface area contributed by atoms with Gasteiger partial charge in [0.15, 0.2) is 0 Å². The van der Waals surface area contributed by atoms with Crippen molar-refractivity contribution in [1.82, 2.24) is 18.9 Å². The highest BCUT2D eigenvalue weighted by Crippen LogP contribution is 2.31. The summed E-state index contributed by atoms with van der Waals surface area (Å²) >= 11 is 0. The summed E-state index contributed by atoms with van der Waals surface area (Å²) in [7, 11) is 4.81. The van der Waals surface area contributed by atoms with Gasteiger partial charge >= 0.3 is 5.69 Å². The summed E-state index contributed by atoms with van der Waals surface area (Å²) < 4.78 is 13.1. The molecule has 35 heavy (non-hydrogen) atoms. The standard InChI is InChI=1S/C25H34N4O6/c1-26-21-9-8-19(35-3)14-20(21)24(32)29(25(26)33)15-17-4-6-18(7-5-17)23(31)28-11-10-27(12-13-34-2)22(30)16-28/h8-9,14,17-18H,4-7,10-13,15-16H2,1-3H3. The van der Waals surface area contributed by atoms with Gasteiger partial charge in [0.05, 0.1) is 31.2 Å². The number of carbonyl (C=O) groups is 2. The molecule has 1 aromatic carbocycles. The molecule has 0 unspecified atom stereocenters. The van der Waals surface area contributed by atoms with E-state index in [0.29, 0.717) is 62.3 Å². The zero-order valence-corrected chi connectivity index (χ0v) is 20.7. The Labute approximate surface area is 204 Å². The quantitative estimate of drug-likeness (QED) is 0.575. The van der Waals surface area contributed by atoms with Crippen LogP contribution >= 0.6 is 0 Å². The number of fused-ring (bicyclic) bond motifs is 1. The number of nitrogens with zero attached hydrogens (tertiary/aromatic N) is 4. The first kappa shape index (κ1) is 25.0. The van der Waals surface area contributed by atoms with Crippen LogP contribution in [0.4, 0.5) is 0 Å². The predicted molar refractivity (Wildman–Crippen MR) is 130 cm³/mol. The zero-order valence-electron chi connectivity index (χ0n) is 20.7. The van der Waals surface area contributed by atoms with Crippen molar-refractivity contribution in [2.75, 3.05) is 47.0 Å². The minimum absolute atomic E-state index is 0.0362. The van der Waals surface area contributed by atoms with Gasteiger partial charge in [0, 0.05) is 46.3 Å². The molecule has 10 nitrogen and oxygen atoms in total. The smallest absolute Gasteiger partial charge is 0.331 e. The van der Waals surface area contributed by atoms with Crippen LogP contribution in [0.2, 0.25) is 0 Å². The molecule has 2 aliphatic rings. The van der Waals surface area contributed by atoms with E-state index in [-0.39, 0.29) is 41.4 Å². The van der Waals surface area contributed by atoms with Crippen LogP contribution in [0.3, 0.4) is 0 Å². The van der Waals surface area contributed by atoms with E-state index >= 15 is 0 Å². The van der Waals surface area contributed by atoms with E-state index in [1.54, 1.807) is 49.3 Å². The summed E-state index contributed by atoms with van der Waals surface area (Å²) in [6, 6.07) is 5.12. The maximum absolute atomic E-state index is 13.1. The molecule has 1 saturated carbocycles. The third-order valence-electron chi connectivity index (χ3n) is 7.39. The fourth-order valence-electron chi connectivity index (χ4n) is 5.23. The Morgan fingerprint density at radius 2 is 1.80 bits per heavy atom. The molecule has 2 amide bonds. The lowest BCUT2D eigenvalue weighted by atomic mass is 9.81. The number of carbonyl (C=O) groups excluding carboxylic acids is 2. The lowest BCUT2D eigenvalue weighted by molar-refractivity contribution is -0.148. The Morgan fingerprint density at radius 3 is 2.46 bits per heavy atom. The molecule has 2 fully saturated rings. The minimum atomic E-state index is -0.337. The molecule has 1 aromatic heterocycles. The summed E-state index contributed by atoms with van der Waals surface area (Å²) in [6.07, 6.45) is 2.89. The van der Waals surface area contributed by atoms with Crippen molar-refractivity contribution in [3.8, 4) is 5.75 Å². The fourth-order valence-corrected chi connectivity index (χ4v) is 5.23. The highest BCUT2D eigenvalue weighted by Gasteiger charge is 2.33. The van der Waals surface area contributed by atoms with Gasteiger partial charge in [-0.05, 0) is 49.8 Å². The minimum Gasteiger partial charge on any atom is -0.497 e. The van der Waals surface area contributed by atoms with Gasteiger partial charge in [-0.2, -0.15) is 0 Å². The molecule has 1 saturated heterocycles. The molecular weight excluding hydrogens is 452 g/mol. The van der Waals surface area contributed by atoms with Crippen LogP contribution in [0.1, 0.15) is 25.7 Å². The van der Waals surface area contributed by atoms with E-state index in [0.717, 1.165) is 12.8 Å². The molecule has 2 heterocycles. The molecule has 0 bridgehead atoms. The van der Waals surface area contributed by atoms with Crippen LogP contribution < -0.4 is 16.0 Å². The molecule has 2 aromatic rings. The fraction of sp³-hybridized carbons (Fsp3) is 0.600. The van der Waals surface area contributed by atoms with Gasteiger partial charge in [-0.1, -0.05) is 0 Å². The van der Waals surface area contributed by atoms with E-state index in [1.165, 1.54) is 9.13 Å². The van der Waals surface area contributed by atoms with Crippen molar-refractivity contribution in [3.05, 3.63) is 39.0 Å². The summed E-state index contributed by atoms with van der Waals surface area (Å²) in [5.74, 6) is 0.578. The van der Waals surface area contributed by atoms with E-state index < -0.39 is 0 Å². The summed E-state index contributed by atoms with van der Waals surface area (Å²) in [5.41, 5.74) is -0.0796. The number of piperazine rings is 1. The Balaban J connectivity index is 1.39. The summed E-state index contributed by atoms with van der Waals surface area (Å²) in [6.45, 7) is 2.55. The molecule has 1 aliphatic carbocycles. The first-order valence-corrected chi connectivity index (χ1v) is 12.2. The molecule has 0 atom stereocenters. The number of benzene rings is 1. The topological polar surface area (TPSA) is 103 Å².